The van der Waals surface area contributed by atoms with Crippen molar-refractivity contribution in [3.63, 3.8) is 0 Å². The van der Waals surface area contributed by atoms with E-state index >= 15 is 0 Å². The SMILES string of the molecule is CCN1C(=O)c2ccccc2NC1c1ccc(OCC2CCCO2)cc1. The first-order chi connectivity index (χ1) is 12.8. The van der Waals surface area contributed by atoms with E-state index in [0.717, 1.165) is 42.0 Å². The molecule has 4 rings (SSSR count). The van der Waals surface area contributed by atoms with Gasteiger partial charge in [-0.25, -0.2) is 0 Å². The summed E-state index contributed by atoms with van der Waals surface area (Å²) < 4.78 is 11.4. The summed E-state index contributed by atoms with van der Waals surface area (Å²) in [6, 6.07) is 15.6. The zero-order chi connectivity index (χ0) is 17.9. The molecular formula is C21H24N2O3. The number of fused-ring (bicyclic) bond motifs is 1. The molecule has 2 atom stereocenters. The maximum absolute atomic E-state index is 12.8. The highest BCUT2D eigenvalue weighted by Gasteiger charge is 2.31. The number of carbonyl (C=O) groups excluding carboxylic acids is 1. The molecule has 0 spiro atoms. The van der Waals surface area contributed by atoms with Crippen molar-refractivity contribution in [3.8, 4) is 5.75 Å². The van der Waals surface area contributed by atoms with E-state index in [1.54, 1.807) is 0 Å². The number of anilines is 1. The number of benzene rings is 2. The second-order valence-corrected chi connectivity index (χ2v) is 6.70. The molecule has 1 amide bonds. The molecule has 5 heteroatoms. The normalized spacial score (nSPS) is 22.0. The monoisotopic (exact) mass is 352 g/mol. The van der Waals surface area contributed by atoms with Gasteiger partial charge >= 0.3 is 0 Å². The van der Waals surface area contributed by atoms with Gasteiger partial charge in [0.25, 0.3) is 5.91 Å². The summed E-state index contributed by atoms with van der Waals surface area (Å²) in [4.78, 5) is 14.6. The number of ether oxygens (including phenoxy) is 2. The Bertz CT molecular complexity index is 769. The highest BCUT2D eigenvalue weighted by Crippen LogP contribution is 2.33. The Morgan fingerprint density at radius 3 is 2.73 bits per heavy atom. The van der Waals surface area contributed by atoms with Gasteiger partial charge in [0.1, 0.15) is 18.5 Å². The Hall–Kier alpha value is -2.53. The maximum Gasteiger partial charge on any atom is 0.257 e. The minimum absolute atomic E-state index is 0.0607. The molecule has 2 heterocycles. The van der Waals surface area contributed by atoms with E-state index < -0.39 is 0 Å². The zero-order valence-corrected chi connectivity index (χ0v) is 15.0. The number of nitrogens with one attached hydrogen (secondary N) is 1. The molecule has 1 fully saturated rings. The average molecular weight is 352 g/mol. The average Bonchev–Trinajstić information content (AvgIpc) is 3.20. The van der Waals surface area contributed by atoms with Gasteiger partial charge in [-0.1, -0.05) is 24.3 Å². The lowest BCUT2D eigenvalue weighted by Crippen LogP contribution is -2.42. The molecule has 2 aromatic carbocycles. The molecule has 0 aromatic heterocycles. The standard InChI is InChI=1S/C21H24N2O3/c1-2-23-20(22-19-8-4-3-7-18(19)21(23)24)15-9-11-16(12-10-15)26-14-17-6-5-13-25-17/h3-4,7-12,17,20,22H,2,5-6,13-14H2,1H3. The van der Waals surface area contributed by atoms with Crippen molar-refractivity contribution in [2.45, 2.75) is 32.0 Å². The van der Waals surface area contributed by atoms with Gasteiger partial charge in [-0.3, -0.25) is 4.79 Å². The third-order valence-electron chi connectivity index (χ3n) is 5.02. The van der Waals surface area contributed by atoms with Crippen LogP contribution in [0.3, 0.4) is 0 Å². The lowest BCUT2D eigenvalue weighted by molar-refractivity contribution is 0.0676. The van der Waals surface area contributed by atoms with Crippen LogP contribution >= 0.6 is 0 Å². The van der Waals surface area contributed by atoms with Crippen molar-refractivity contribution in [1.29, 1.82) is 0 Å². The van der Waals surface area contributed by atoms with E-state index in [1.807, 2.05) is 60.4 Å². The molecule has 2 aromatic rings. The van der Waals surface area contributed by atoms with Gasteiger partial charge in [-0.2, -0.15) is 0 Å². The number of nitrogens with zero attached hydrogens (tertiary/aromatic N) is 1. The van der Waals surface area contributed by atoms with E-state index in [9.17, 15) is 4.79 Å². The summed E-state index contributed by atoms with van der Waals surface area (Å²) in [5.74, 6) is 0.889. The smallest absolute Gasteiger partial charge is 0.257 e. The van der Waals surface area contributed by atoms with E-state index in [-0.39, 0.29) is 18.2 Å². The van der Waals surface area contributed by atoms with Crippen LogP contribution in [0.1, 0.15) is 41.9 Å². The molecule has 0 saturated carbocycles. The van der Waals surface area contributed by atoms with Crippen LogP contribution in [-0.4, -0.2) is 36.7 Å². The van der Waals surface area contributed by atoms with Crippen LogP contribution in [0.15, 0.2) is 48.5 Å². The molecule has 2 unspecified atom stereocenters. The summed E-state index contributed by atoms with van der Waals surface area (Å²) in [7, 11) is 0. The number of hydrogen-bond donors (Lipinski definition) is 1. The molecule has 1 saturated heterocycles. The van der Waals surface area contributed by atoms with E-state index in [1.165, 1.54) is 0 Å². The van der Waals surface area contributed by atoms with E-state index in [4.69, 9.17) is 9.47 Å². The number of carbonyl (C=O) groups is 1. The highest BCUT2D eigenvalue weighted by molar-refractivity contribution is 6.01. The Morgan fingerprint density at radius 2 is 2.00 bits per heavy atom. The number of hydrogen-bond acceptors (Lipinski definition) is 4. The molecular weight excluding hydrogens is 328 g/mol. The zero-order valence-electron chi connectivity index (χ0n) is 15.0. The second-order valence-electron chi connectivity index (χ2n) is 6.70. The van der Waals surface area contributed by atoms with Gasteiger partial charge in [0.15, 0.2) is 0 Å². The molecule has 0 radical (unpaired) electrons. The predicted molar refractivity (Wildman–Crippen MR) is 100 cm³/mol. The first-order valence-corrected chi connectivity index (χ1v) is 9.27. The van der Waals surface area contributed by atoms with E-state index in [0.29, 0.717) is 13.2 Å². The van der Waals surface area contributed by atoms with Gasteiger partial charge in [0, 0.05) is 18.8 Å². The van der Waals surface area contributed by atoms with Gasteiger partial charge in [0.05, 0.1) is 11.7 Å². The fourth-order valence-electron chi connectivity index (χ4n) is 3.59. The molecule has 0 aliphatic carbocycles. The molecule has 2 aliphatic heterocycles. The van der Waals surface area contributed by atoms with Gasteiger partial charge in [-0.15, -0.1) is 0 Å². The van der Waals surface area contributed by atoms with Crippen molar-refractivity contribution in [1.82, 2.24) is 4.90 Å². The van der Waals surface area contributed by atoms with Gasteiger partial charge in [0.2, 0.25) is 0 Å². The topological polar surface area (TPSA) is 50.8 Å². The van der Waals surface area contributed by atoms with Crippen LogP contribution in [0.5, 0.6) is 5.75 Å². The largest absolute Gasteiger partial charge is 0.491 e. The summed E-state index contributed by atoms with van der Waals surface area (Å²) in [6.07, 6.45) is 2.22. The fourth-order valence-corrected chi connectivity index (χ4v) is 3.59. The third kappa shape index (κ3) is 3.27. The second kappa shape index (κ2) is 7.38. The van der Waals surface area contributed by atoms with Crippen LogP contribution < -0.4 is 10.1 Å². The predicted octanol–water partition coefficient (Wildman–Crippen LogP) is 3.83. The van der Waals surface area contributed by atoms with Crippen molar-refractivity contribution < 1.29 is 14.3 Å². The molecule has 1 N–H and O–H groups in total. The highest BCUT2D eigenvalue weighted by atomic mass is 16.5. The van der Waals surface area contributed by atoms with Crippen LogP contribution in [-0.2, 0) is 4.74 Å². The van der Waals surface area contributed by atoms with E-state index in [2.05, 4.69) is 5.32 Å². The Balaban J connectivity index is 1.50. The summed E-state index contributed by atoms with van der Waals surface area (Å²) >= 11 is 0. The molecule has 26 heavy (non-hydrogen) atoms. The molecule has 0 bridgehead atoms. The summed E-state index contributed by atoms with van der Waals surface area (Å²) in [5.41, 5.74) is 2.65. The lowest BCUT2D eigenvalue weighted by Gasteiger charge is -2.37. The van der Waals surface area contributed by atoms with Crippen molar-refractivity contribution >= 4 is 11.6 Å². The Morgan fingerprint density at radius 1 is 1.19 bits per heavy atom. The first-order valence-electron chi connectivity index (χ1n) is 9.27. The van der Waals surface area contributed by atoms with Crippen molar-refractivity contribution in [2.24, 2.45) is 0 Å². The number of rotatable bonds is 5. The minimum Gasteiger partial charge on any atom is -0.491 e. The van der Waals surface area contributed by atoms with Crippen LogP contribution in [0, 0.1) is 0 Å². The Labute approximate surface area is 153 Å². The summed E-state index contributed by atoms with van der Waals surface area (Å²) in [5, 5.41) is 3.49. The molecule has 5 nitrogen and oxygen atoms in total. The van der Waals surface area contributed by atoms with Crippen LogP contribution in [0.4, 0.5) is 5.69 Å². The van der Waals surface area contributed by atoms with Crippen LogP contribution in [0.2, 0.25) is 0 Å². The van der Waals surface area contributed by atoms with Gasteiger partial charge < -0.3 is 19.7 Å². The number of para-hydroxylation sites is 1. The van der Waals surface area contributed by atoms with Crippen molar-refractivity contribution in [2.75, 3.05) is 25.1 Å². The first kappa shape index (κ1) is 16.9. The molecule has 136 valence electrons. The minimum atomic E-state index is -0.172. The van der Waals surface area contributed by atoms with Gasteiger partial charge in [-0.05, 0) is 49.6 Å². The number of amides is 1. The third-order valence-corrected chi connectivity index (χ3v) is 5.02. The summed E-state index contributed by atoms with van der Waals surface area (Å²) in [6.45, 7) is 4.07. The maximum atomic E-state index is 12.8. The Kier molecular flexibility index (Phi) is 4.80. The fraction of sp³-hybridized carbons (Fsp3) is 0.381. The molecule has 2 aliphatic rings. The van der Waals surface area contributed by atoms with Crippen LogP contribution in [0.25, 0.3) is 0 Å². The lowest BCUT2D eigenvalue weighted by atomic mass is 10.0. The quantitative estimate of drug-likeness (QED) is 0.888. The van der Waals surface area contributed by atoms with Crippen molar-refractivity contribution in [3.05, 3.63) is 59.7 Å².